The van der Waals surface area contributed by atoms with Crippen molar-refractivity contribution in [1.29, 1.82) is 0 Å². The van der Waals surface area contributed by atoms with Crippen molar-refractivity contribution >= 4 is 27.6 Å². The van der Waals surface area contributed by atoms with Gasteiger partial charge in [0.05, 0.1) is 11.8 Å². The molecule has 0 radical (unpaired) electrons. The first kappa shape index (κ1) is 15.6. The second kappa shape index (κ2) is 6.26. The van der Waals surface area contributed by atoms with Crippen molar-refractivity contribution in [2.24, 2.45) is 0 Å². The minimum absolute atomic E-state index is 0.429. The predicted octanol–water partition coefficient (Wildman–Crippen LogP) is 4.47. The van der Waals surface area contributed by atoms with Crippen LogP contribution in [0.5, 0.6) is 0 Å². The molecule has 1 atom stereocenters. The van der Waals surface area contributed by atoms with E-state index < -0.39 is 6.23 Å². The van der Waals surface area contributed by atoms with Crippen molar-refractivity contribution in [3.63, 3.8) is 0 Å². The maximum Gasteiger partial charge on any atom is 0.185 e. The second-order valence-electron chi connectivity index (χ2n) is 6.29. The van der Waals surface area contributed by atoms with Gasteiger partial charge >= 0.3 is 0 Å². The Hall–Kier alpha value is -3.64. The molecule has 5 aromatic rings. The van der Waals surface area contributed by atoms with Crippen LogP contribution in [-0.2, 0) is 0 Å². The molecular weight excluding hydrogens is 340 g/mol. The number of aliphatic hydroxyl groups excluding tert-OH is 1. The number of benzene rings is 2. The number of H-pyrrole nitrogens is 1. The molecule has 0 aliphatic heterocycles. The molecule has 0 fully saturated rings. The number of nitrogens with zero attached hydrogens (tertiary/aromatic N) is 2. The van der Waals surface area contributed by atoms with E-state index in [1.165, 1.54) is 11.6 Å². The molecule has 0 saturated carbocycles. The number of anilines is 1. The molecule has 5 rings (SSSR count). The van der Waals surface area contributed by atoms with Crippen LogP contribution in [0.25, 0.3) is 33.1 Å². The molecular formula is C21H16N4O2. The maximum atomic E-state index is 10.2. The molecule has 3 aromatic heterocycles. The highest BCUT2D eigenvalue weighted by Gasteiger charge is 2.14. The van der Waals surface area contributed by atoms with E-state index in [-0.39, 0.29) is 0 Å². The molecule has 0 amide bonds. The summed E-state index contributed by atoms with van der Waals surface area (Å²) < 4.78 is 5.22. The highest BCUT2D eigenvalue weighted by Crippen LogP contribution is 2.29. The zero-order chi connectivity index (χ0) is 18.2. The summed E-state index contributed by atoms with van der Waals surface area (Å²) in [5.41, 5.74) is 3.32. The zero-order valence-electron chi connectivity index (χ0n) is 14.3. The fourth-order valence-corrected chi connectivity index (χ4v) is 3.18. The minimum atomic E-state index is -0.971. The van der Waals surface area contributed by atoms with Crippen LogP contribution >= 0.6 is 0 Å². The van der Waals surface area contributed by atoms with Gasteiger partial charge < -0.3 is 14.8 Å². The average molecular weight is 356 g/mol. The average Bonchev–Trinajstić information content (AvgIpc) is 3.37. The van der Waals surface area contributed by atoms with Crippen molar-refractivity contribution in [2.75, 3.05) is 5.32 Å². The van der Waals surface area contributed by atoms with Crippen LogP contribution in [0.2, 0.25) is 0 Å². The van der Waals surface area contributed by atoms with Gasteiger partial charge in [0.1, 0.15) is 17.0 Å². The van der Waals surface area contributed by atoms with Gasteiger partial charge in [0.2, 0.25) is 0 Å². The summed E-state index contributed by atoms with van der Waals surface area (Å²) in [5, 5.41) is 23.0. The number of furan rings is 1. The molecule has 3 N–H and O–H groups in total. The van der Waals surface area contributed by atoms with Crippen LogP contribution in [0.1, 0.15) is 12.0 Å². The van der Waals surface area contributed by atoms with Gasteiger partial charge in [-0.05, 0) is 41.1 Å². The second-order valence-corrected chi connectivity index (χ2v) is 6.29. The normalized spacial score (nSPS) is 12.5. The van der Waals surface area contributed by atoms with Gasteiger partial charge in [0.15, 0.2) is 12.0 Å². The van der Waals surface area contributed by atoms with E-state index in [1.54, 1.807) is 18.2 Å². The Kier molecular flexibility index (Phi) is 3.62. The van der Waals surface area contributed by atoms with Crippen molar-refractivity contribution in [3.8, 4) is 11.3 Å². The van der Waals surface area contributed by atoms with Crippen LogP contribution < -0.4 is 5.32 Å². The summed E-state index contributed by atoms with van der Waals surface area (Å²) in [6.07, 6.45) is 0.547. The van der Waals surface area contributed by atoms with Gasteiger partial charge in [-0.25, -0.2) is 4.98 Å². The number of nitrogens with one attached hydrogen (secondary N) is 2. The molecule has 6 heteroatoms. The largest absolute Gasteiger partial charge is 0.465 e. The number of aromatic amines is 1. The Morgan fingerprint density at radius 3 is 2.70 bits per heavy atom. The lowest BCUT2D eigenvalue weighted by Gasteiger charge is -2.11. The van der Waals surface area contributed by atoms with E-state index in [0.717, 1.165) is 27.7 Å². The number of pyridine rings is 1. The summed E-state index contributed by atoms with van der Waals surface area (Å²) in [6, 6.07) is 21.5. The fraction of sp³-hybridized carbons (Fsp3) is 0.0476. The third-order valence-electron chi connectivity index (χ3n) is 4.53. The summed E-state index contributed by atoms with van der Waals surface area (Å²) in [4.78, 5) is 4.63. The van der Waals surface area contributed by atoms with E-state index in [2.05, 4.69) is 44.8 Å². The molecule has 2 aromatic carbocycles. The van der Waals surface area contributed by atoms with Gasteiger partial charge in [-0.15, -0.1) is 0 Å². The van der Waals surface area contributed by atoms with Gasteiger partial charge in [-0.3, -0.25) is 5.10 Å². The summed E-state index contributed by atoms with van der Waals surface area (Å²) in [6.45, 7) is 0. The van der Waals surface area contributed by atoms with Crippen molar-refractivity contribution in [2.45, 2.75) is 6.23 Å². The van der Waals surface area contributed by atoms with Gasteiger partial charge in [-0.1, -0.05) is 36.4 Å². The highest BCUT2D eigenvalue weighted by atomic mass is 16.4. The molecule has 132 valence electrons. The number of aromatic nitrogens is 3. The third-order valence-corrected chi connectivity index (χ3v) is 4.53. The number of aliphatic hydroxyl groups is 1. The first-order chi connectivity index (χ1) is 13.3. The summed E-state index contributed by atoms with van der Waals surface area (Å²) in [7, 11) is 0. The molecule has 0 aliphatic carbocycles. The molecule has 6 nitrogen and oxygen atoms in total. The zero-order valence-corrected chi connectivity index (χ0v) is 14.3. The monoisotopic (exact) mass is 356 g/mol. The van der Waals surface area contributed by atoms with E-state index in [4.69, 9.17) is 4.42 Å². The lowest BCUT2D eigenvalue weighted by Crippen LogP contribution is -2.09. The van der Waals surface area contributed by atoms with Crippen LogP contribution in [0.3, 0.4) is 0 Å². The van der Waals surface area contributed by atoms with Crippen molar-refractivity contribution in [1.82, 2.24) is 15.2 Å². The van der Waals surface area contributed by atoms with Crippen LogP contribution in [0, 0.1) is 0 Å². The molecule has 0 spiro atoms. The Balaban J connectivity index is 1.54. The molecule has 0 aliphatic rings. The van der Waals surface area contributed by atoms with Crippen molar-refractivity contribution < 1.29 is 9.52 Å². The molecule has 0 bridgehead atoms. The van der Waals surface area contributed by atoms with Gasteiger partial charge in [0.25, 0.3) is 0 Å². The van der Waals surface area contributed by atoms with Crippen LogP contribution in [-0.4, -0.2) is 20.3 Å². The van der Waals surface area contributed by atoms with Gasteiger partial charge in [-0.2, -0.15) is 5.10 Å². The lowest BCUT2D eigenvalue weighted by atomic mass is 10.0. The molecule has 3 heterocycles. The fourth-order valence-electron chi connectivity index (χ4n) is 3.18. The summed E-state index contributed by atoms with van der Waals surface area (Å²) in [5.74, 6) is 0.966. The van der Waals surface area contributed by atoms with Crippen molar-refractivity contribution in [3.05, 3.63) is 78.8 Å². The van der Waals surface area contributed by atoms with E-state index in [0.29, 0.717) is 11.6 Å². The van der Waals surface area contributed by atoms with E-state index in [9.17, 15) is 5.11 Å². The quantitative estimate of drug-likeness (QED) is 0.414. The van der Waals surface area contributed by atoms with E-state index in [1.807, 2.05) is 24.3 Å². The van der Waals surface area contributed by atoms with Gasteiger partial charge in [0, 0.05) is 5.56 Å². The first-order valence-corrected chi connectivity index (χ1v) is 8.60. The number of fused-ring (bicyclic) bond motifs is 2. The Morgan fingerprint density at radius 1 is 0.963 bits per heavy atom. The number of hydrogen-bond donors (Lipinski definition) is 3. The highest BCUT2D eigenvalue weighted by molar-refractivity contribution is 5.94. The molecule has 1 unspecified atom stereocenters. The number of hydrogen-bond acceptors (Lipinski definition) is 5. The van der Waals surface area contributed by atoms with Crippen LogP contribution in [0.4, 0.5) is 5.82 Å². The Bertz CT molecular complexity index is 1230. The molecule has 27 heavy (non-hydrogen) atoms. The maximum absolute atomic E-state index is 10.2. The van der Waals surface area contributed by atoms with E-state index >= 15 is 0 Å². The SMILES string of the molecule is OC(Nc1ccc2[nH]nc(-c3ccc4ccccc4c3)c2n1)c1ccco1. The first-order valence-electron chi connectivity index (χ1n) is 8.60. The summed E-state index contributed by atoms with van der Waals surface area (Å²) >= 11 is 0. The topological polar surface area (TPSA) is 87.0 Å². The smallest absolute Gasteiger partial charge is 0.185 e. The minimum Gasteiger partial charge on any atom is -0.465 e. The van der Waals surface area contributed by atoms with Crippen LogP contribution in [0.15, 0.2) is 77.4 Å². The Morgan fingerprint density at radius 2 is 1.85 bits per heavy atom. The lowest BCUT2D eigenvalue weighted by molar-refractivity contribution is 0.177. The third kappa shape index (κ3) is 2.82. The predicted molar refractivity (Wildman–Crippen MR) is 104 cm³/mol. The number of rotatable bonds is 4. The standard InChI is InChI=1S/C21H16N4O2/c26-21(17-6-3-11-27-17)23-18-10-9-16-20(22-18)19(25-24-16)15-8-7-13-4-1-2-5-14(13)12-15/h1-12,21,26H,(H,22,23)(H,24,25). The molecule has 0 saturated heterocycles. The Labute approximate surface area is 154 Å².